The molecule has 3 amide bonds. The summed E-state index contributed by atoms with van der Waals surface area (Å²) in [6.45, 7) is 6.01. The largest absolute Gasteiger partial charge is 0.380 e. The first-order valence-corrected chi connectivity index (χ1v) is 10.7. The molecule has 1 fully saturated rings. The van der Waals surface area contributed by atoms with Crippen LogP contribution in [0.1, 0.15) is 18.2 Å². The van der Waals surface area contributed by atoms with E-state index in [1.807, 2.05) is 36.1 Å². The number of nitrogens with zero attached hydrogens (tertiary/aromatic N) is 4. The molecule has 168 valence electrons. The molecule has 0 saturated carbocycles. The first-order valence-electron chi connectivity index (χ1n) is 10.7. The number of fused-ring (bicyclic) bond motifs is 1. The van der Waals surface area contributed by atoms with Crippen LogP contribution in [-0.4, -0.2) is 46.6 Å². The maximum absolute atomic E-state index is 12.6. The van der Waals surface area contributed by atoms with Crippen molar-refractivity contribution in [2.75, 3.05) is 35.3 Å². The van der Waals surface area contributed by atoms with E-state index in [1.54, 1.807) is 18.5 Å². The monoisotopic (exact) mass is 444 g/mol. The maximum Gasteiger partial charge on any atom is 0.324 e. The number of aromatic nitrogens is 3. The van der Waals surface area contributed by atoms with Crippen molar-refractivity contribution in [2.45, 2.75) is 20.3 Å². The van der Waals surface area contributed by atoms with E-state index in [0.29, 0.717) is 43.4 Å². The molecule has 0 aliphatic carbocycles. The molecule has 5 rings (SSSR count). The van der Waals surface area contributed by atoms with Crippen LogP contribution in [-0.2, 0) is 16.0 Å². The number of urea groups is 1. The summed E-state index contributed by atoms with van der Waals surface area (Å²) in [7, 11) is 0. The molecule has 1 aromatic carbocycles. The van der Waals surface area contributed by atoms with Gasteiger partial charge in [0.2, 0.25) is 5.91 Å². The molecule has 0 unspecified atom stereocenters. The second-order valence-corrected chi connectivity index (χ2v) is 8.86. The molecule has 3 aromatic rings. The van der Waals surface area contributed by atoms with Crippen molar-refractivity contribution in [3.63, 3.8) is 0 Å². The van der Waals surface area contributed by atoms with E-state index in [-0.39, 0.29) is 11.3 Å². The number of aryl methyl sites for hydroxylation is 1. The molecule has 2 aliphatic rings. The first kappa shape index (κ1) is 21.0. The van der Waals surface area contributed by atoms with Gasteiger partial charge in [0.1, 0.15) is 0 Å². The summed E-state index contributed by atoms with van der Waals surface area (Å²) in [4.78, 5) is 39.7. The first-order chi connectivity index (χ1) is 15.9. The number of nitrogens with one attached hydrogen (secondary N) is 2. The molecule has 0 spiro atoms. The molecular formula is C24H24N6O3. The normalized spacial score (nSPS) is 16.2. The average molecular weight is 444 g/mol. The molecule has 9 heteroatoms. The van der Waals surface area contributed by atoms with Gasteiger partial charge in [-0.25, -0.2) is 9.78 Å². The SMILES string of the molecule is Cc1ccc(NC(=O)Nc2cncc(-c3ccc4c(c3)CC(=O)N4CC3(C)COC3)n2)cn1. The number of ether oxygens (including phenoxy) is 1. The molecule has 2 aliphatic heterocycles. The van der Waals surface area contributed by atoms with Gasteiger partial charge in [-0.1, -0.05) is 13.0 Å². The highest BCUT2D eigenvalue weighted by Gasteiger charge is 2.39. The van der Waals surface area contributed by atoms with Crippen LogP contribution in [0.4, 0.5) is 22.0 Å². The number of hydrogen-bond acceptors (Lipinski definition) is 6. The Morgan fingerprint density at radius 1 is 1.15 bits per heavy atom. The highest BCUT2D eigenvalue weighted by atomic mass is 16.5. The van der Waals surface area contributed by atoms with Gasteiger partial charge in [0, 0.05) is 28.9 Å². The van der Waals surface area contributed by atoms with Gasteiger partial charge in [-0.15, -0.1) is 0 Å². The van der Waals surface area contributed by atoms with Gasteiger partial charge in [0.25, 0.3) is 0 Å². The Kier molecular flexibility index (Phi) is 5.26. The minimum atomic E-state index is -0.434. The molecule has 4 heterocycles. The number of pyridine rings is 1. The standard InChI is InChI=1S/C24H24N6O3/c1-15-3-5-18(9-26-15)27-23(32)29-21-11-25-10-19(28-21)16-4-6-20-17(7-16)8-22(31)30(20)12-24(2)13-33-14-24/h3-7,9-11H,8,12-14H2,1-2H3,(H2,27,28,29,32). The van der Waals surface area contributed by atoms with Crippen molar-refractivity contribution in [3.8, 4) is 11.3 Å². The number of carbonyl (C=O) groups excluding carboxylic acids is 2. The Balaban J connectivity index is 1.31. The Labute approximate surface area is 191 Å². The lowest BCUT2D eigenvalue weighted by Gasteiger charge is -2.40. The van der Waals surface area contributed by atoms with Gasteiger partial charge < -0.3 is 15.0 Å². The van der Waals surface area contributed by atoms with Crippen LogP contribution >= 0.6 is 0 Å². The quantitative estimate of drug-likeness (QED) is 0.624. The molecule has 9 nitrogen and oxygen atoms in total. The minimum Gasteiger partial charge on any atom is -0.380 e. The van der Waals surface area contributed by atoms with Gasteiger partial charge in [0.05, 0.1) is 49.6 Å². The van der Waals surface area contributed by atoms with Gasteiger partial charge in [-0.3, -0.25) is 20.1 Å². The fourth-order valence-electron chi connectivity index (χ4n) is 4.03. The summed E-state index contributed by atoms with van der Waals surface area (Å²) >= 11 is 0. The Hall–Kier alpha value is -3.85. The third-order valence-corrected chi connectivity index (χ3v) is 5.80. The van der Waals surface area contributed by atoms with Crippen LogP contribution in [0.15, 0.2) is 48.9 Å². The summed E-state index contributed by atoms with van der Waals surface area (Å²) in [5.41, 5.74) is 4.80. The maximum atomic E-state index is 12.6. The minimum absolute atomic E-state index is 0.0105. The Bertz CT molecular complexity index is 1220. The third-order valence-electron chi connectivity index (χ3n) is 5.80. The smallest absolute Gasteiger partial charge is 0.324 e. The highest BCUT2D eigenvalue weighted by molar-refractivity contribution is 6.02. The average Bonchev–Trinajstić information content (AvgIpc) is 3.08. The lowest BCUT2D eigenvalue weighted by atomic mass is 9.88. The van der Waals surface area contributed by atoms with Crippen LogP contribution in [0, 0.1) is 12.3 Å². The summed E-state index contributed by atoms with van der Waals surface area (Å²) < 4.78 is 5.33. The van der Waals surface area contributed by atoms with E-state index in [2.05, 4.69) is 32.5 Å². The lowest BCUT2D eigenvalue weighted by Crippen LogP contribution is -2.49. The predicted octanol–water partition coefficient (Wildman–Crippen LogP) is 3.42. The van der Waals surface area contributed by atoms with E-state index < -0.39 is 6.03 Å². The van der Waals surface area contributed by atoms with Crippen molar-refractivity contribution in [3.05, 3.63) is 60.2 Å². The highest BCUT2D eigenvalue weighted by Crippen LogP contribution is 2.36. The van der Waals surface area contributed by atoms with Gasteiger partial charge in [-0.05, 0) is 36.8 Å². The number of rotatable bonds is 5. The van der Waals surface area contributed by atoms with Crippen molar-refractivity contribution in [1.29, 1.82) is 0 Å². The Morgan fingerprint density at radius 3 is 2.73 bits per heavy atom. The molecule has 0 bridgehead atoms. The van der Waals surface area contributed by atoms with Crippen LogP contribution < -0.4 is 15.5 Å². The number of carbonyl (C=O) groups is 2. The molecule has 1 saturated heterocycles. The van der Waals surface area contributed by atoms with Crippen molar-refractivity contribution >= 4 is 29.1 Å². The zero-order chi connectivity index (χ0) is 23.0. The number of hydrogen-bond donors (Lipinski definition) is 2. The zero-order valence-electron chi connectivity index (χ0n) is 18.5. The number of amides is 3. The molecule has 0 radical (unpaired) electrons. The number of anilines is 3. The van der Waals surface area contributed by atoms with E-state index in [9.17, 15) is 9.59 Å². The van der Waals surface area contributed by atoms with Gasteiger partial charge >= 0.3 is 6.03 Å². The predicted molar refractivity (Wildman–Crippen MR) is 124 cm³/mol. The summed E-state index contributed by atoms with van der Waals surface area (Å²) in [5, 5.41) is 5.41. The summed E-state index contributed by atoms with van der Waals surface area (Å²) in [6.07, 6.45) is 5.06. The van der Waals surface area contributed by atoms with Crippen LogP contribution in [0.3, 0.4) is 0 Å². The molecule has 2 N–H and O–H groups in total. The van der Waals surface area contributed by atoms with E-state index in [1.165, 1.54) is 6.20 Å². The summed E-state index contributed by atoms with van der Waals surface area (Å²) in [6, 6.07) is 9.01. The number of benzene rings is 1. The molecular weight excluding hydrogens is 420 g/mol. The van der Waals surface area contributed by atoms with Crippen molar-refractivity contribution in [2.24, 2.45) is 5.41 Å². The molecule has 2 aromatic heterocycles. The van der Waals surface area contributed by atoms with Crippen LogP contribution in [0.2, 0.25) is 0 Å². The third kappa shape index (κ3) is 4.40. The van der Waals surface area contributed by atoms with Crippen LogP contribution in [0.25, 0.3) is 11.3 Å². The van der Waals surface area contributed by atoms with E-state index in [4.69, 9.17) is 4.74 Å². The van der Waals surface area contributed by atoms with E-state index in [0.717, 1.165) is 22.5 Å². The second kappa shape index (κ2) is 8.25. The topological polar surface area (TPSA) is 109 Å². The second-order valence-electron chi connectivity index (χ2n) is 8.86. The zero-order valence-corrected chi connectivity index (χ0v) is 18.5. The van der Waals surface area contributed by atoms with Crippen molar-refractivity contribution in [1.82, 2.24) is 15.0 Å². The fraction of sp³-hybridized carbons (Fsp3) is 0.292. The van der Waals surface area contributed by atoms with Gasteiger partial charge in [-0.2, -0.15) is 0 Å². The lowest BCUT2D eigenvalue weighted by molar-refractivity contribution is -0.121. The van der Waals surface area contributed by atoms with E-state index >= 15 is 0 Å². The fourth-order valence-corrected chi connectivity index (χ4v) is 4.03. The molecule has 0 atom stereocenters. The van der Waals surface area contributed by atoms with Crippen LogP contribution in [0.5, 0.6) is 0 Å². The van der Waals surface area contributed by atoms with Crippen molar-refractivity contribution < 1.29 is 14.3 Å². The Morgan fingerprint density at radius 2 is 2.00 bits per heavy atom. The van der Waals surface area contributed by atoms with Gasteiger partial charge in [0.15, 0.2) is 5.82 Å². The summed E-state index contributed by atoms with van der Waals surface area (Å²) in [5.74, 6) is 0.417. The molecule has 33 heavy (non-hydrogen) atoms.